The first-order valence-electron chi connectivity index (χ1n) is 3.39. The number of Topliss-reactive ketones (excluding diaryl/α,β-unsaturated/α-hetero) is 1. The first kappa shape index (κ1) is 10.9. The second kappa shape index (κ2) is 4.74. The number of ketones is 1. The number of carbonyl (C=O) groups excluding carboxylic acids is 1. The molecule has 0 bridgehead atoms. The van der Waals surface area contributed by atoms with Crippen molar-refractivity contribution in [2.45, 2.75) is 13.8 Å². The Labute approximate surface area is 78.7 Å². The summed E-state index contributed by atoms with van der Waals surface area (Å²) in [4.78, 5) is 13.0. The zero-order valence-corrected chi connectivity index (χ0v) is 10.3. The predicted octanol–water partition coefficient (Wildman–Crippen LogP) is 0.760. The monoisotopic (exact) mass is 323 g/mol. The zero-order chi connectivity index (χ0) is 9.02. The Kier molecular flexibility index (Phi) is 4.70. The average Bonchev–Trinajstić information content (AvgIpc) is 1.88. The fourth-order valence-corrected chi connectivity index (χ4v) is 1.66. The van der Waals surface area contributed by atoms with Crippen LogP contribution in [-0.2, 0) is 24.1 Å². The summed E-state index contributed by atoms with van der Waals surface area (Å²) >= 11 is 1.33. The molecule has 0 atom stereocenters. The van der Waals surface area contributed by atoms with Crippen LogP contribution in [0.2, 0.25) is 0 Å². The topological polar surface area (TPSA) is 20.3 Å². The zero-order valence-electron chi connectivity index (χ0n) is 7.34. The molecule has 0 aromatic heterocycles. The number of nitrogens with zero attached hydrogens (tertiary/aromatic N) is 1. The normalized spacial score (nSPS) is 11.9. The van der Waals surface area contributed by atoms with Gasteiger partial charge in [-0.25, -0.2) is 0 Å². The van der Waals surface area contributed by atoms with Gasteiger partial charge in [-0.2, -0.15) is 0 Å². The van der Waals surface area contributed by atoms with E-state index in [1.807, 2.05) is 32.0 Å². The van der Waals surface area contributed by atoms with E-state index in [2.05, 4.69) is 0 Å². The summed E-state index contributed by atoms with van der Waals surface area (Å²) in [7, 11) is 3.91. The van der Waals surface area contributed by atoms with Crippen LogP contribution in [0.3, 0.4) is 0 Å². The van der Waals surface area contributed by atoms with E-state index in [0.29, 0.717) is 0 Å². The van der Waals surface area contributed by atoms with Crippen molar-refractivity contribution in [2.24, 2.45) is 0 Å². The van der Waals surface area contributed by atoms with Crippen LogP contribution in [0.15, 0.2) is 11.6 Å². The van der Waals surface area contributed by atoms with Crippen LogP contribution in [0.25, 0.3) is 0 Å². The standard InChI is InChI=1S/C8H13NO.W/c1-5-8(7(2)10)6-9(3)4;/h5H,1-4H3;/b8-5-;. The molecule has 0 aromatic rings. The summed E-state index contributed by atoms with van der Waals surface area (Å²) in [6.45, 7) is 3.49. The molecular weight excluding hydrogens is 310 g/mol. The predicted molar refractivity (Wildman–Crippen MR) is 43.1 cm³/mol. The summed E-state index contributed by atoms with van der Waals surface area (Å²) in [5.41, 5.74) is 0.838. The van der Waals surface area contributed by atoms with Crippen LogP contribution in [-0.4, -0.2) is 28.8 Å². The van der Waals surface area contributed by atoms with E-state index in [1.54, 1.807) is 6.92 Å². The molecule has 0 rings (SSSR count). The van der Waals surface area contributed by atoms with Crippen molar-refractivity contribution in [3.63, 3.8) is 0 Å². The van der Waals surface area contributed by atoms with Gasteiger partial charge in [0.2, 0.25) is 0 Å². The van der Waals surface area contributed by atoms with Gasteiger partial charge in [-0.3, -0.25) is 0 Å². The van der Waals surface area contributed by atoms with E-state index in [1.165, 1.54) is 19.4 Å². The first-order valence-corrected chi connectivity index (χ1v) is 4.86. The molecule has 2 nitrogen and oxygen atoms in total. The fourth-order valence-electron chi connectivity index (χ4n) is 0.718. The summed E-state index contributed by atoms with van der Waals surface area (Å²) in [6.07, 6.45) is 1.87. The van der Waals surface area contributed by atoms with Crippen molar-refractivity contribution in [3.8, 4) is 0 Å². The number of carbonyl (C=O) groups is 1. The van der Waals surface area contributed by atoms with E-state index < -0.39 is 0 Å². The van der Waals surface area contributed by atoms with E-state index in [0.717, 1.165) is 9.59 Å². The Morgan fingerprint density at radius 2 is 1.91 bits per heavy atom. The van der Waals surface area contributed by atoms with Crippen molar-refractivity contribution in [1.82, 2.24) is 4.90 Å². The van der Waals surface area contributed by atoms with Crippen LogP contribution in [0.1, 0.15) is 13.8 Å². The number of allylic oxidation sites excluding steroid dienone is 1. The van der Waals surface area contributed by atoms with Crippen molar-refractivity contribution < 1.29 is 24.1 Å². The Balaban J connectivity index is 4.55. The van der Waals surface area contributed by atoms with E-state index in [9.17, 15) is 4.79 Å². The molecule has 62 valence electrons. The Bertz CT molecular complexity index is 206. The SMILES string of the molecule is C/C=C(\C(C)=O)[C](=[W])N(C)C. The molecule has 0 fully saturated rings. The Hall–Kier alpha value is -0.0717. The molecule has 0 saturated heterocycles. The third kappa shape index (κ3) is 3.22. The summed E-state index contributed by atoms with van der Waals surface area (Å²) in [5.74, 6) is 0.145. The van der Waals surface area contributed by atoms with Gasteiger partial charge in [0.15, 0.2) is 0 Å². The number of likely N-dealkylation sites (N-methyl/N-ethyl adjacent to an activating group) is 1. The van der Waals surface area contributed by atoms with Gasteiger partial charge in [-0.05, 0) is 0 Å². The second-order valence-electron chi connectivity index (χ2n) is 2.46. The molecule has 0 aliphatic heterocycles. The molecule has 0 amide bonds. The van der Waals surface area contributed by atoms with Gasteiger partial charge in [-0.15, -0.1) is 0 Å². The maximum atomic E-state index is 11.0. The van der Waals surface area contributed by atoms with Gasteiger partial charge in [0.1, 0.15) is 0 Å². The van der Waals surface area contributed by atoms with E-state index >= 15 is 0 Å². The van der Waals surface area contributed by atoms with Crippen molar-refractivity contribution in [1.29, 1.82) is 0 Å². The third-order valence-corrected chi connectivity index (χ3v) is 3.41. The Morgan fingerprint density at radius 3 is 2.00 bits per heavy atom. The molecule has 11 heavy (non-hydrogen) atoms. The number of rotatable bonds is 3. The van der Waals surface area contributed by atoms with Gasteiger partial charge in [0.25, 0.3) is 0 Å². The molecular formula is C8H13NOW. The van der Waals surface area contributed by atoms with Crippen molar-refractivity contribution in [3.05, 3.63) is 11.6 Å². The molecule has 0 aliphatic rings. The molecule has 3 heteroatoms. The number of hydrogen-bond donors (Lipinski definition) is 0. The van der Waals surface area contributed by atoms with Crippen LogP contribution in [0.4, 0.5) is 0 Å². The summed E-state index contributed by atoms with van der Waals surface area (Å²) in [5, 5.41) is 0. The molecule has 0 unspecified atom stereocenters. The van der Waals surface area contributed by atoms with Gasteiger partial charge < -0.3 is 0 Å². The number of hydrogen-bond acceptors (Lipinski definition) is 2. The van der Waals surface area contributed by atoms with Gasteiger partial charge in [0, 0.05) is 0 Å². The van der Waals surface area contributed by atoms with E-state index in [-0.39, 0.29) is 5.78 Å². The molecule has 0 spiro atoms. The minimum absolute atomic E-state index is 0.145. The molecule has 0 heterocycles. The molecule has 0 N–H and O–H groups in total. The average molecular weight is 323 g/mol. The van der Waals surface area contributed by atoms with E-state index in [4.69, 9.17) is 0 Å². The molecule has 0 aliphatic carbocycles. The molecule has 0 saturated carbocycles. The summed E-state index contributed by atoms with van der Waals surface area (Å²) in [6, 6.07) is 0. The molecule has 0 aromatic carbocycles. The summed E-state index contributed by atoms with van der Waals surface area (Å²) < 4.78 is 1.10. The van der Waals surface area contributed by atoms with Crippen molar-refractivity contribution >= 4 is 9.81 Å². The van der Waals surface area contributed by atoms with Gasteiger partial charge in [-0.1, -0.05) is 0 Å². The van der Waals surface area contributed by atoms with Crippen LogP contribution >= 0.6 is 0 Å². The second-order valence-corrected chi connectivity index (χ2v) is 3.85. The minimum atomic E-state index is 0.145. The van der Waals surface area contributed by atoms with Crippen LogP contribution in [0, 0.1) is 0 Å². The quantitative estimate of drug-likeness (QED) is 0.715. The first-order chi connectivity index (χ1) is 5.00. The van der Waals surface area contributed by atoms with Crippen LogP contribution in [0.5, 0.6) is 0 Å². The van der Waals surface area contributed by atoms with Crippen molar-refractivity contribution in [2.75, 3.05) is 14.1 Å². The Morgan fingerprint density at radius 1 is 1.45 bits per heavy atom. The van der Waals surface area contributed by atoms with Gasteiger partial charge in [0.05, 0.1) is 0 Å². The third-order valence-electron chi connectivity index (χ3n) is 1.30. The maximum absolute atomic E-state index is 11.0. The fraction of sp³-hybridized carbons (Fsp3) is 0.500. The molecule has 0 radical (unpaired) electrons. The van der Waals surface area contributed by atoms with Crippen LogP contribution < -0.4 is 0 Å². The van der Waals surface area contributed by atoms with Gasteiger partial charge >= 0.3 is 78.4 Å².